The molecule has 12 heteroatoms. The van der Waals surface area contributed by atoms with Crippen LogP contribution in [-0.2, 0) is 24.3 Å². The van der Waals surface area contributed by atoms with Crippen molar-refractivity contribution in [3.8, 4) is 0 Å². The van der Waals surface area contributed by atoms with Gasteiger partial charge in [0.15, 0.2) is 0 Å². The lowest BCUT2D eigenvalue weighted by Gasteiger charge is -2.49. The average molecular weight is 664 g/mol. The highest BCUT2D eigenvalue weighted by molar-refractivity contribution is 7.93. The minimum atomic E-state index is -3.97. The monoisotopic (exact) mass is 662 g/mol. The second kappa shape index (κ2) is 13.0. The molecule has 3 aromatic rings. The summed E-state index contributed by atoms with van der Waals surface area (Å²) in [5.41, 5.74) is 1.13. The SMILES string of the molecule is CCC(CN(c1ccccc1F)S(=O)(=O)C1CC1)N1C(=O)[C@@H](C(C)C(=O)O)O[C@H](c2cccc(Cl)c2)[C@H]1c1ccc(Cl)cc1. The van der Waals surface area contributed by atoms with Crippen molar-refractivity contribution in [1.29, 1.82) is 0 Å². The Labute approximate surface area is 266 Å². The molecule has 0 radical (unpaired) electrons. The van der Waals surface area contributed by atoms with Crippen molar-refractivity contribution in [2.75, 3.05) is 10.8 Å². The molecule has 1 saturated heterocycles. The van der Waals surface area contributed by atoms with E-state index in [0.29, 0.717) is 34.0 Å². The smallest absolute Gasteiger partial charge is 0.309 e. The number of rotatable bonds is 11. The summed E-state index contributed by atoms with van der Waals surface area (Å²) < 4.78 is 50.1. The highest BCUT2D eigenvalue weighted by Gasteiger charge is 2.51. The molecule has 8 nitrogen and oxygen atoms in total. The maximum Gasteiger partial charge on any atom is 0.309 e. The number of carboxylic acid groups (broad SMARTS) is 1. The molecule has 0 aromatic heterocycles. The second-order valence-corrected chi connectivity index (χ2v) is 14.2. The van der Waals surface area contributed by atoms with Crippen molar-refractivity contribution >= 4 is 50.8 Å². The first-order chi connectivity index (χ1) is 20.9. The van der Waals surface area contributed by atoms with E-state index in [9.17, 15) is 23.1 Å². The quantitative estimate of drug-likeness (QED) is 0.247. The number of sulfonamides is 1. The van der Waals surface area contributed by atoms with Crippen LogP contribution in [0.15, 0.2) is 72.8 Å². The minimum Gasteiger partial charge on any atom is -0.481 e. The third-order valence-electron chi connectivity index (χ3n) is 8.23. The van der Waals surface area contributed by atoms with Crippen molar-refractivity contribution in [2.45, 2.75) is 62.7 Å². The predicted octanol–water partition coefficient (Wildman–Crippen LogP) is 6.64. The van der Waals surface area contributed by atoms with Gasteiger partial charge in [0.25, 0.3) is 5.91 Å². The van der Waals surface area contributed by atoms with Crippen LogP contribution in [0.25, 0.3) is 0 Å². The Morgan fingerprint density at radius 2 is 1.73 bits per heavy atom. The summed E-state index contributed by atoms with van der Waals surface area (Å²) in [6.45, 7) is 2.95. The molecular weight excluding hydrogens is 630 g/mol. The number of benzene rings is 3. The normalized spacial score (nSPS) is 22.0. The average Bonchev–Trinajstić information content (AvgIpc) is 3.85. The Kier molecular flexibility index (Phi) is 9.55. The fourth-order valence-corrected chi connectivity index (χ4v) is 7.89. The molecule has 5 rings (SSSR count). The largest absolute Gasteiger partial charge is 0.481 e. The van der Waals surface area contributed by atoms with E-state index < -0.39 is 63.2 Å². The van der Waals surface area contributed by atoms with Crippen LogP contribution in [0.1, 0.15) is 56.4 Å². The van der Waals surface area contributed by atoms with Crippen LogP contribution in [0.5, 0.6) is 0 Å². The number of hydrogen-bond acceptors (Lipinski definition) is 5. The zero-order valence-corrected chi connectivity index (χ0v) is 26.5. The molecule has 2 aliphatic rings. The van der Waals surface area contributed by atoms with Gasteiger partial charge in [-0.3, -0.25) is 13.9 Å². The summed E-state index contributed by atoms with van der Waals surface area (Å²) in [5, 5.41) is 10.2. The Morgan fingerprint density at radius 3 is 2.32 bits per heavy atom. The fraction of sp³-hybridized carbons (Fsp3) is 0.375. The lowest BCUT2D eigenvalue weighted by atomic mass is 9.88. The number of aliphatic carboxylic acids is 1. The summed E-state index contributed by atoms with van der Waals surface area (Å²) in [6, 6.07) is 17.7. The van der Waals surface area contributed by atoms with Crippen molar-refractivity contribution < 1.29 is 32.2 Å². The van der Waals surface area contributed by atoms with Gasteiger partial charge in [-0.15, -0.1) is 0 Å². The van der Waals surface area contributed by atoms with Crippen LogP contribution in [0.2, 0.25) is 10.0 Å². The molecule has 234 valence electrons. The molecule has 1 saturated carbocycles. The molecule has 1 heterocycles. The molecule has 1 amide bonds. The molecule has 1 aliphatic carbocycles. The van der Waals surface area contributed by atoms with Gasteiger partial charge in [0.2, 0.25) is 10.0 Å². The van der Waals surface area contributed by atoms with Gasteiger partial charge < -0.3 is 14.7 Å². The molecular formula is C32H33Cl2FN2O6S. The predicted molar refractivity (Wildman–Crippen MR) is 167 cm³/mol. The van der Waals surface area contributed by atoms with Crippen molar-refractivity contribution in [1.82, 2.24) is 4.90 Å². The van der Waals surface area contributed by atoms with Crippen LogP contribution in [0.3, 0.4) is 0 Å². The Balaban J connectivity index is 1.68. The molecule has 3 aromatic carbocycles. The highest BCUT2D eigenvalue weighted by Crippen LogP contribution is 2.46. The van der Waals surface area contributed by atoms with Crippen LogP contribution < -0.4 is 4.31 Å². The topological polar surface area (TPSA) is 104 Å². The van der Waals surface area contributed by atoms with E-state index in [2.05, 4.69) is 0 Å². The molecule has 2 unspecified atom stereocenters. The highest BCUT2D eigenvalue weighted by atomic mass is 35.5. The van der Waals surface area contributed by atoms with E-state index >= 15 is 4.39 Å². The maximum absolute atomic E-state index is 15.2. The number of halogens is 3. The van der Waals surface area contributed by atoms with Gasteiger partial charge in [-0.2, -0.15) is 0 Å². The zero-order chi connectivity index (χ0) is 31.8. The van der Waals surface area contributed by atoms with Gasteiger partial charge in [-0.05, 0) is 73.7 Å². The Morgan fingerprint density at radius 1 is 1.05 bits per heavy atom. The van der Waals surface area contributed by atoms with Gasteiger partial charge >= 0.3 is 5.97 Å². The minimum absolute atomic E-state index is 0.108. The van der Waals surface area contributed by atoms with Gasteiger partial charge in [0, 0.05) is 10.0 Å². The van der Waals surface area contributed by atoms with Gasteiger partial charge in [0.05, 0.1) is 35.5 Å². The third-order valence-corrected chi connectivity index (χ3v) is 11.0. The summed E-state index contributed by atoms with van der Waals surface area (Å²) >= 11 is 12.6. The third kappa shape index (κ3) is 6.44. The number of ether oxygens (including phenoxy) is 1. The molecule has 1 aliphatic heterocycles. The van der Waals surface area contributed by atoms with Crippen molar-refractivity contribution in [3.05, 3.63) is 99.8 Å². The van der Waals surface area contributed by atoms with E-state index in [-0.39, 0.29) is 18.7 Å². The number of anilines is 1. The molecule has 5 atom stereocenters. The lowest BCUT2D eigenvalue weighted by Crippen LogP contribution is -2.59. The number of carbonyl (C=O) groups excluding carboxylic acids is 1. The van der Waals surface area contributed by atoms with E-state index in [4.69, 9.17) is 27.9 Å². The zero-order valence-electron chi connectivity index (χ0n) is 24.1. The van der Waals surface area contributed by atoms with Crippen LogP contribution in [-0.4, -0.2) is 54.2 Å². The molecule has 0 bridgehead atoms. The second-order valence-electron chi connectivity index (χ2n) is 11.2. The first-order valence-corrected chi connectivity index (χ1v) is 16.7. The van der Waals surface area contributed by atoms with Crippen LogP contribution in [0, 0.1) is 11.7 Å². The fourth-order valence-electron chi connectivity index (χ4n) is 5.67. The molecule has 0 spiro atoms. The number of para-hydroxylation sites is 1. The summed E-state index contributed by atoms with van der Waals surface area (Å²) in [6.07, 6.45) is -1.07. The molecule has 2 fully saturated rings. The number of amides is 1. The van der Waals surface area contributed by atoms with Crippen molar-refractivity contribution in [3.63, 3.8) is 0 Å². The standard InChI is InChI=1S/C32H33Cl2FN2O6S/c1-3-24(18-36(44(41,42)25-15-16-25)27-10-5-4-9-26(27)35)37-28(20-11-13-22(33)14-12-20)30(21-7-6-8-23(34)17-21)43-29(31(37)38)19(2)32(39)40/h4-14,17,19,24-25,28-30H,3,15-16,18H2,1-2H3,(H,39,40)/t19?,24?,28-,29-,30-/m1/s1. The lowest BCUT2D eigenvalue weighted by molar-refractivity contribution is -0.190. The number of hydrogen-bond donors (Lipinski definition) is 1. The van der Waals surface area contributed by atoms with E-state index in [0.717, 1.165) is 4.31 Å². The van der Waals surface area contributed by atoms with E-state index in [1.807, 2.05) is 0 Å². The van der Waals surface area contributed by atoms with E-state index in [1.165, 1.54) is 30.0 Å². The number of nitrogens with zero attached hydrogens (tertiary/aromatic N) is 2. The summed E-state index contributed by atoms with van der Waals surface area (Å²) in [5.74, 6) is -3.77. The first kappa shape index (κ1) is 32.2. The number of carboxylic acids is 1. The van der Waals surface area contributed by atoms with Gasteiger partial charge in [-0.1, -0.05) is 66.5 Å². The summed E-state index contributed by atoms with van der Waals surface area (Å²) in [7, 11) is -3.97. The van der Waals surface area contributed by atoms with E-state index in [1.54, 1.807) is 61.5 Å². The first-order valence-electron chi connectivity index (χ1n) is 14.4. The van der Waals surface area contributed by atoms with Crippen LogP contribution >= 0.6 is 23.2 Å². The Hall–Kier alpha value is -3.18. The van der Waals surface area contributed by atoms with Gasteiger partial charge in [-0.25, -0.2) is 12.8 Å². The van der Waals surface area contributed by atoms with Gasteiger partial charge in [0.1, 0.15) is 18.0 Å². The molecule has 1 N–H and O–H groups in total. The number of morpholine rings is 1. The maximum atomic E-state index is 15.2. The number of carbonyl (C=O) groups is 2. The van der Waals surface area contributed by atoms with Crippen molar-refractivity contribution in [2.24, 2.45) is 5.92 Å². The Bertz CT molecular complexity index is 1640. The summed E-state index contributed by atoms with van der Waals surface area (Å²) in [4.78, 5) is 28.1. The van der Waals surface area contributed by atoms with Crippen LogP contribution in [0.4, 0.5) is 10.1 Å². The molecule has 44 heavy (non-hydrogen) atoms.